The second-order valence-corrected chi connectivity index (χ2v) is 6.43. The van der Waals surface area contributed by atoms with E-state index in [1.807, 2.05) is 35.9 Å². The van der Waals surface area contributed by atoms with Gasteiger partial charge in [0.25, 0.3) is 5.91 Å². The number of benzene rings is 2. The Balaban J connectivity index is 1.49. The lowest BCUT2D eigenvalue weighted by Crippen LogP contribution is -2.27. The Hall–Kier alpha value is -3.26. The highest BCUT2D eigenvalue weighted by atomic mass is 35.5. The van der Waals surface area contributed by atoms with E-state index >= 15 is 0 Å². The van der Waals surface area contributed by atoms with Crippen LogP contribution in [0.1, 0.15) is 16.2 Å². The number of carbonyl (C=O) groups excluding carboxylic acids is 1. The predicted molar refractivity (Wildman–Crippen MR) is 101 cm³/mol. The van der Waals surface area contributed by atoms with Crippen LogP contribution in [0, 0.1) is 0 Å². The second-order valence-electron chi connectivity index (χ2n) is 6.00. The zero-order valence-electron chi connectivity index (χ0n) is 14.5. The van der Waals surface area contributed by atoms with Gasteiger partial charge in [-0.1, -0.05) is 23.7 Å². The topological polar surface area (TPSA) is 90.5 Å². The fourth-order valence-electron chi connectivity index (χ4n) is 2.96. The van der Waals surface area contributed by atoms with Crippen molar-refractivity contribution in [3.63, 3.8) is 0 Å². The molecule has 0 aliphatic rings. The number of carbonyl (C=O) groups is 1. The van der Waals surface area contributed by atoms with Gasteiger partial charge in [0.1, 0.15) is 12.2 Å². The van der Waals surface area contributed by atoms with Gasteiger partial charge in [-0.25, -0.2) is 4.98 Å². The van der Waals surface area contributed by atoms with Crippen LogP contribution >= 0.6 is 11.6 Å². The molecule has 2 aromatic heterocycles. The molecule has 8 nitrogen and oxygen atoms in total. The largest absolute Gasteiger partial charge is 0.352 e. The van der Waals surface area contributed by atoms with Crippen LogP contribution < -0.4 is 5.32 Å². The van der Waals surface area contributed by atoms with Gasteiger partial charge in [0, 0.05) is 25.0 Å². The number of hydrogen-bond acceptors (Lipinski definition) is 5. The third-order valence-electron chi connectivity index (χ3n) is 4.31. The zero-order chi connectivity index (χ0) is 18.8. The summed E-state index contributed by atoms with van der Waals surface area (Å²) in [6.45, 7) is 0.452. The number of halogens is 1. The van der Waals surface area contributed by atoms with Gasteiger partial charge in [-0.3, -0.25) is 4.79 Å². The van der Waals surface area contributed by atoms with Crippen LogP contribution in [0.15, 0.2) is 48.8 Å². The van der Waals surface area contributed by atoms with Crippen LogP contribution in [0.4, 0.5) is 0 Å². The summed E-state index contributed by atoms with van der Waals surface area (Å²) in [6, 6.07) is 12.9. The van der Waals surface area contributed by atoms with Crippen LogP contribution in [-0.2, 0) is 13.5 Å². The van der Waals surface area contributed by atoms with Crippen molar-refractivity contribution in [1.82, 2.24) is 35.1 Å². The normalized spacial score (nSPS) is 11.0. The first-order valence-electron chi connectivity index (χ1n) is 8.35. The molecular formula is C18H16ClN7O. The predicted octanol–water partition coefficient (Wildman–Crippen LogP) is 2.17. The first-order chi connectivity index (χ1) is 13.1. The Morgan fingerprint density at radius 1 is 1.22 bits per heavy atom. The molecular weight excluding hydrogens is 366 g/mol. The zero-order valence-corrected chi connectivity index (χ0v) is 15.3. The number of para-hydroxylation sites is 2. The van der Waals surface area contributed by atoms with E-state index in [0.717, 1.165) is 16.9 Å². The number of fused-ring (bicyclic) bond motifs is 1. The standard InChI is InChI=1S/C18H16ClN7O/c1-25-15-5-3-2-4-14(15)22-17(25)8-9-20-18(27)13-7-6-12(19)10-16(13)26-11-21-23-24-26/h2-7,10-11H,8-9H2,1H3,(H,20,27). The molecule has 0 aliphatic heterocycles. The van der Waals surface area contributed by atoms with Crippen LogP contribution in [-0.4, -0.2) is 42.2 Å². The highest BCUT2D eigenvalue weighted by molar-refractivity contribution is 6.31. The SMILES string of the molecule is Cn1c(CCNC(=O)c2ccc(Cl)cc2-n2cnnn2)nc2ccccc21. The van der Waals surface area contributed by atoms with Crippen LogP contribution in [0.5, 0.6) is 0 Å². The van der Waals surface area contributed by atoms with Crippen LogP contribution in [0.3, 0.4) is 0 Å². The molecule has 1 amide bonds. The Bertz CT molecular complexity index is 1100. The van der Waals surface area contributed by atoms with E-state index in [0.29, 0.717) is 29.2 Å². The molecule has 2 heterocycles. The number of rotatable bonds is 5. The van der Waals surface area contributed by atoms with Gasteiger partial charge in [-0.05, 0) is 40.8 Å². The van der Waals surface area contributed by atoms with E-state index in [2.05, 4.69) is 25.8 Å². The lowest BCUT2D eigenvalue weighted by Gasteiger charge is -2.10. The Kier molecular flexibility index (Phi) is 4.55. The summed E-state index contributed by atoms with van der Waals surface area (Å²) in [5.74, 6) is 0.684. The molecule has 1 N–H and O–H groups in total. The van der Waals surface area contributed by atoms with Gasteiger partial charge < -0.3 is 9.88 Å². The van der Waals surface area contributed by atoms with Crippen molar-refractivity contribution in [2.75, 3.05) is 6.54 Å². The minimum atomic E-state index is -0.226. The van der Waals surface area contributed by atoms with Gasteiger partial charge in [0.2, 0.25) is 0 Å². The molecule has 0 radical (unpaired) electrons. The van der Waals surface area contributed by atoms with Gasteiger partial charge in [-0.15, -0.1) is 5.10 Å². The number of aromatic nitrogens is 6. The summed E-state index contributed by atoms with van der Waals surface area (Å²) in [4.78, 5) is 17.3. The summed E-state index contributed by atoms with van der Waals surface area (Å²) < 4.78 is 3.45. The summed E-state index contributed by atoms with van der Waals surface area (Å²) in [5.41, 5.74) is 2.97. The van der Waals surface area contributed by atoms with E-state index in [9.17, 15) is 4.79 Å². The fraction of sp³-hybridized carbons (Fsp3) is 0.167. The van der Waals surface area contributed by atoms with Crippen molar-refractivity contribution >= 4 is 28.5 Å². The molecule has 2 aromatic carbocycles. The monoisotopic (exact) mass is 381 g/mol. The fourth-order valence-corrected chi connectivity index (χ4v) is 3.13. The minimum Gasteiger partial charge on any atom is -0.352 e. The van der Waals surface area contributed by atoms with E-state index in [-0.39, 0.29) is 5.91 Å². The van der Waals surface area contributed by atoms with Crippen molar-refractivity contribution in [1.29, 1.82) is 0 Å². The smallest absolute Gasteiger partial charge is 0.253 e. The second kappa shape index (κ2) is 7.16. The lowest BCUT2D eigenvalue weighted by molar-refractivity contribution is 0.0954. The van der Waals surface area contributed by atoms with Crippen LogP contribution in [0.2, 0.25) is 5.02 Å². The molecule has 0 aliphatic carbocycles. The molecule has 27 heavy (non-hydrogen) atoms. The molecule has 4 rings (SSSR count). The van der Waals surface area contributed by atoms with E-state index in [4.69, 9.17) is 11.6 Å². The number of nitrogens with one attached hydrogen (secondary N) is 1. The molecule has 0 bridgehead atoms. The third kappa shape index (κ3) is 3.39. The molecule has 9 heteroatoms. The van der Waals surface area contributed by atoms with Gasteiger partial charge in [0.05, 0.1) is 22.3 Å². The highest BCUT2D eigenvalue weighted by Gasteiger charge is 2.15. The first kappa shape index (κ1) is 17.2. The molecule has 0 atom stereocenters. The van der Waals surface area contributed by atoms with Crippen molar-refractivity contribution in [3.05, 3.63) is 65.2 Å². The Morgan fingerprint density at radius 3 is 2.85 bits per heavy atom. The maximum Gasteiger partial charge on any atom is 0.253 e. The lowest BCUT2D eigenvalue weighted by atomic mass is 10.1. The molecule has 0 saturated carbocycles. The van der Waals surface area contributed by atoms with Gasteiger partial charge >= 0.3 is 0 Å². The minimum absolute atomic E-state index is 0.226. The third-order valence-corrected chi connectivity index (χ3v) is 4.55. The molecule has 0 saturated heterocycles. The number of tetrazole rings is 1. The van der Waals surface area contributed by atoms with Crippen molar-refractivity contribution < 1.29 is 4.79 Å². The highest BCUT2D eigenvalue weighted by Crippen LogP contribution is 2.19. The van der Waals surface area contributed by atoms with E-state index in [1.54, 1.807) is 18.2 Å². The quantitative estimate of drug-likeness (QED) is 0.572. The molecule has 0 fully saturated rings. The van der Waals surface area contributed by atoms with Gasteiger partial charge in [0.15, 0.2) is 0 Å². The Morgan fingerprint density at radius 2 is 2.07 bits per heavy atom. The molecule has 0 spiro atoms. The van der Waals surface area contributed by atoms with E-state index in [1.165, 1.54) is 11.0 Å². The first-order valence-corrected chi connectivity index (χ1v) is 8.73. The average Bonchev–Trinajstić information content (AvgIpc) is 3.31. The summed E-state index contributed by atoms with van der Waals surface area (Å²) in [6.07, 6.45) is 2.03. The number of imidazole rings is 1. The van der Waals surface area contributed by atoms with Crippen molar-refractivity contribution in [2.24, 2.45) is 7.05 Å². The maximum absolute atomic E-state index is 12.7. The van der Waals surface area contributed by atoms with Gasteiger partial charge in [-0.2, -0.15) is 4.68 Å². The average molecular weight is 382 g/mol. The molecule has 136 valence electrons. The maximum atomic E-state index is 12.7. The van der Waals surface area contributed by atoms with Crippen molar-refractivity contribution in [3.8, 4) is 5.69 Å². The van der Waals surface area contributed by atoms with E-state index < -0.39 is 0 Å². The molecule has 4 aromatic rings. The summed E-state index contributed by atoms with van der Waals surface area (Å²) in [5, 5.41) is 14.5. The summed E-state index contributed by atoms with van der Waals surface area (Å²) in [7, 11) is 1.97. The summed E-state index contributed by atoms with van der Waals surface area (Å²) >= 11 is 6.05. The van der Waals surface area contributed by atoms with Crippen molar-refractivity contribution in [2.45, 2.75) is 6.42 Å². The van der Waals surface area contributed by atoms with Crippen LogP contribution in [0.25, 0.3) is 16.7 Å². The number of aryl methyl sites for hydroxylation is 1. The number of hydrogen-bond donors (Lipinski definition) is 1. The molecule has 0 unspecified atom stereocenters. The number of nitrogens with zero attached hydrogens (tertiary/aromatic N) is 6. The number of amides is 1. The Labute approximate surface area is 159 Å².